The lowest BCUT2D eigenvalue weighted by Crippen LogP contribution is -2.47. The molecule has 5 nitrogen and oxygen atoms in total. The molecule has 0 aromatic carbocycles. The number of piperidine rings is 1. The number of nitrogens with zero attached hydrogens (tertiary/aromatic N) is 2. The highest BCUT2D eigenvalue weighted by Gasteiger charge is 2.46. The fourth-order valence-corrected chi connectivity index (χ4v) is 5.31. The van der Waals surface area contributed by atoms with Gasteiger partial charge < -0.3 is 5.11 Å². The fourth-order valence-electron chi connectivity index (χ4n) is 3.16. The first-order chi connectivity index (χ1) is 8.98. The molecular weight excluding hydrogens is 288 g/mol. The van der Waals surface area contributed by atoms with E-state index in [1.165, 1.54) is 18.3 Å². The summed E-state index contributed by atoms with van der Waals surface area (Å²) in [4.78, 5) is 3.99. The number of pyridine rings is 1. The molecule has 2 unspecified atom stereocenters. The van der Waals surface area contributed by atoms with Crippen LogP contribution in [0.1, 0.15) is 25.7 Å². The summed E-state index contributed by atoms with van der Waals surface area (Å²) in [6.07, 6.45) is 3.70. The number of halogens is 1. The Hall–Kier alpha value is -0.690. The topological polar surface area (TPSA) is 70.5 Å². The predicted molar refractivity (Wildman–Crippen MR) is 70.3 cm³/mol. The van der Waals surface area contributed by atoms with Crippen molar-refractivity contribution in [2.45, 2.75) is 48.8 Å². The summed E-state index contributed by atoms with van der Waals surface area (Å²) in [6, 6.07) is 2.66. The van der Waals surface area contributed by atoms with E-state index in [0.717, 1.165) is 12.8 Å². The number of aromatic nitrogens is 1. The van der Waals surface area contributed by atoms with Crippen LogP contribution in [0.3, 0.4) is 0 Å². The van der Waals surface area contributed by atoms with Crippen molar-refractivity contribution in [3.8, 4) is 0 Å². The summed E-state index contributed by atoms with van der Waals surface area (Å²) in [5.41, 5.74) is 0. The van der Waals surface area contributed by atoms with Crippen LogP contribution in [0, 0.1) is 0 Å². The van der Waals surface area contributed by atoms with E-state index in [1.54, 1.807) is 4.31 Å². The van der Waals surface area contributed by atoms with Crippen molar-refractivity contribution >= 4 is 21.6 Å². The molecule has 0 radical (unpaired) electrons. The van der Waals surface area contributed by atoms with Crippen molar-refractivity contribution in [3.63, 3.8) is 0 Å². The fraction of sp³-hybridized carbons (Fsp3) is 0.583. The van der Waals surface area contributed by atoms with Gasteiger partial charge in [0.05, 0.1) is 11.0 Å². The van der Waals surface area contributed by atoms with Crippen LogP contribution in [0.2, 0.25) is 5.15 Å². The monoisotopic (exact) mass is 302 g/mol. The van der Waals surface area contributed by atoms with Crippen LogP contribution < -0.4 is 0 Å². The van der Waals surface area contributed by atoms with E-state index < -0.39 is 10.0 Å². The third kappa shape index (κ3) is 2.27. The lowest BCUT2D eigenvalue weighted by atomic mass is 10.0. The molecule has 19 heavy (non-hydrogen) atoms. The normalized spacial score (nSPS) is 31.6. The number of aliphatic hydroxyl groups excluding tert-OH is 1. The summed E-state index contributed by atoms with van der Waals surface area (Å²) in [5, 5.41) is 9.91. The summed E-state index contributed by atoms with van der Waals surface area (Å²) in [5.74, 6) is 0. The molecule has 0 amide bonds. The SMILES string of the molecule is O=S(=O)(c1ccnc(Cl)c1)N1C2CCC1CC(O)C2. The Morgan fingerprint density at radius 2 is 1.95 bits per heavy atom. The highest BCUT2D eigenvalue weighted by Crippen LogP contribution is 2.39. The van der Waals surface area contributed by atoms with Gasteiger partial charge in [-0.2, -0.15) is 4.31 Å². The molecule has 1 N–H and O–H groups in total. The van der Waals surface area contributed by atoms with E-state index >= 15 is 0 Å². The first-order valence-corrected chi connectivity index (χ1v) is 8.13. The van der Waals surface area contributed by atoms with Gasteiger partial charge in [0.25, 0.3) is 0 Å². The zero-order valence-corrected chi connectivity index (χ0v) is 11.8. The summed E-state index contributed by atoms with van der Waals surface area (Å²) in [6.45, 7) is 0. The summed E-state index contributed by atoms with van der Waals surface area (Å²) >= 11 is 5.77. The number of hydrogen-bond donors (Lipinski definition) is 1. The molecule has 2 bridgehead atoms. The van der Waals surface area contributed by atoms with Crippen LogP contribution in [0.25, 0.3) is 0 Å². The molecule has 0 aliphatic carbocycles. The predicted octanol–water partition coefficient (Wildman–Crippen LogP) is 1.41. The van der Waals surface area contributed by atoms with Gasteiger partial charge in [-0.05, 0) is 37.8 Å². The molecule has 2 aliphatic heterocycles. The average molecular weight is 303 g/mol. The van der Waals surface area contributed by atoms with Crippen LogP contribution in [-0.2, 0) is 10.0 Å². The lowest BCUT2D eigenvalue weighted by molar-refractivity contribution is 0.0768. The minimum atomic E-state index is -3.55. The minimum Gasteiger partial charge on any atom is -0.393 e. The van der Waals surface area contributed by atoms with Crippen molar-refractivity contribution in [2.75, 3.05) is 0 Å². The van der Waals surface area contributed by atoms with Crippen LogP contribution in [0.5, 0.6) is 0 Å². The van der Waals surface area contributed by atoms with Gasteiger partial charge in [0, 0.05) is 18.3 Å². The van der Waals surface area contributed by atoms with Gasteiger partial charge in [-0.15, -0.1) is 0 Å². The molecule has 2 aliphatic rings. The number of rotatable bonds is 2. The molecule has 7 heteroatoms. The Kier molecular flexibility index (Phi) is 3.29. The first-order valence-electron chi connectivity index (χ1n) is 6.31. The first kappa shape index (κ1) is 13.3. The Labute approximate surface area is 117 Å². The van der Waals surface area contributed by atoms with Gasteiger partial charge >= 0.3 is 0 Å². The standard InChI is InChI=1S/C12H15ClN2O3S/c13-12-7-11(3-4-14-12)19(17,18)15-8-1-2-9(15)6-10(16)5-8/h3-4,7-10,16H,1-2,5-6H2. The van der Waals surface area contributed by atoms with Gasteiger partial charge in [0.1, 0.15) is 5.15 Å². The Bertz CT molecular complexity index is 578. The Balaban J connectivity index is 1.98. The maximum atomic E-state index is 12.7. The van der Waals surface area contributed by atoms with Gasteiger partial charge in [-0.1, -0.05) is 11.6 Å². The molecule has 3 rings (SSSR count). The maximum Gasteiger partial charge on any atom is 0.243 e. The number of sulfonamides is 1. The Morgan fingerprint density at radius 3 is 2.53 bits per heavy atom. The van der Waals surface area contributed by atoms with Gasteiger partial charge in [-0.3, -0.25) is 0 Å². The van der Waals surface area contributed by atoms with Crippen LogP contribution in [-0.4, -0.2) is 41.0 Å². The minimum absolute atomic E-state index is 0.0920. The second-order valence-corrected chi connectivity index (χ2v) is 7.39. The van der Waals surface area contributed by atoms with Crippen LogP contribution in [0.4, 0.5) is 0 Å². The van der Waals surface area contributed by atoms with Gasteiger partial charge in [0.2, 0.25) is 10.0 Å². The molecule has 104 valence electrons. The van der Waals surface area contributed by atoms with Crippen molar-refractivity contribution in [1.29, 1.82) is 0 Å². The molecule has 2 fully saturated rings. The smallest absolute Gasteiger partial charge is 0.243 e. The second-order valence-electron chi connectivity index (χ2n) is 5.16. The van der Waals surface area contributed by atoms with E-state index in [-0.39, 0.29) is 28.2 Å². The number of fused-ring (bicyclic) bond motifs is 2. The second kappa shape index (κ2) is 4.70. The quantitative estimate of drug-likeness (QED) is 0.839. The number of hydrogen-bond acceptors (Lipinski definition) is 4. The van der Waals surface area contributed by atoms with Crippen molar-refractivity contribution in [1.82, 2.24) is 9.29 Å². The van der Waals surface area contributed by atoms with Crippen molar-refractivity contribution in [3.05, 3.63) is 23.5 Å². The molecular formula is C12H15ClN2O3S. The summed E-state index contributed by atoms with van der Waals surface area (Å²) < 4.78 is 26.9. The molecule has 1 aromatic heterocycles. The molecule has 3 heterocycles. The van der Waals surface area contributed by atoms with E-state index in [1.807, 2.05) is 0 Å². The van der Waals surface area contributed by atoms with Gasteiger partial charge in [-0.25, -0.2) is 13.4 Å². The molecule has 0 saturated carbocycles. The highest BCUT2D eigenvalue weighted by atomic mass is 35.5. The molecule has 0 spiro atoms. The summed E-state index contributed by atoms with van der Waals surface area (Å²) in [7, 11) is -3.55. The lowest BCUT2D eigenvalue weighted by Gasteiger charge is -2.35. The largest absolute Gasteiger partial charge is 0.393 e. The third-order valence-corrected chi connectivity index (χ3v) is 6.12. The van der Waals surface area contributed by atoms with Crippen LogP contribution in [0.15, 0.2) is 23.2 Å². The van der Waals surface area contributed by atoms with E-state index in [2.05, 4.69) is 4.98 Å². The van der Waals surface area contributed by atoms with E-state index in [4.69, 9.17) is 11.6 Å². The van der Waals surface area contributed by atoms with Gasteiger partial charge in [0.15, 0.2) is 0 Å². The molecule has 1 aromatic rings. The van der Waals surface area contributed by atoms with Crippen LogP contribution >= 0.6 is 11.6 Å². The van der Waals surface area contributed by atoms with Crippen molar-refractivity contribution < 1.29 is 13.5 Å². The average Bonchev–Trinajstić information content (AvgIpc) is 2.63. The zero-order chi connectivity index (χ0) is 13.6. The van der Waals surface area contributed by atoms with E-state index in [0.29, 0.717) is 12.8 Å². The maximum absolute atomic E-state index is 12.7. The Morgan fingerprint density at radius 1 is 1.32 bits per heavy atom. The van der Waals surface area contributed by atoms with Crippen molar-refractivity contribution in [2.24, 2.45) is 0 Å². The number of aliphatic hydroxyl groups is 1. The highest BCUT2D eigenvalue weighted by molar-refractivity contribution is 7.89. The van der Waals surface area contributed by atoms with E-state index in [9.17, 15) is 13.5 Å². The zero-order valence-electron chi connectivity index (χ0n) is 10.2. The molecule has 2 atom stereocenters. The molecule has 2 saturated heterocycles. The third-order valence-electron chi connectivity index (χ3n) is 3.91.